The van der Waals surface area contributed by atoms with Crippen molar-refractivity contribution >= 4 is 34.7 Å². The van der Waals surface area contributed by atoms with Gasteiger partial charge in [-0.25, -0.2) is 4.98 Å². The fourth-order valence-electron chi connectivity index (χ4n) is 2.56. The van der Waals surface area contributed by atoms with Crippen LogP contribution in [0.25, 0.3) is 0 Å². The third-order valence-corrected chi connectivity index (χ3v) is 3.97. The normalized spacial score (nSPS) is 10.5. The SMILES string of the molecule is CC(=O)Nc1ccc(Nc2ccnc(Nc3ccc(C(C)C)cc3)n2)cc1. The first-order chi connectivity index (χ1) is 13.0. The Morgan fingerprint density at radius 1 is 0.852 bits per heavy atom. The molecule has 0 saturated carbocycles. The van der Waals surface area contributed by atoms with Crippen LogP contribution in [0.1, 0.15) is 32.3 Å². The largest absolute Gasteiger partial charge is 0.340 e. The molecule has 0 radical (unpaired) electrons. The number of carbonyl (C=O) groups excluding carboxylic acids is 1. The number of anilines is 5. The molecule has 6 heteroatoms. The minimum absolute atomic E-state index is 0.0938. The van der Waals surface area contributed by atoms with E-state index >= 15 is 0 Å². The van der Waals surface area contributed by atoms with Crippen LogP contribution in [-0.4, -0.2) is 15.9 Å². The predicted octanol–water partition coefficient (Wildman–Crippen LogP) is 5.05. The van der Waals surface area contributed by atoms with E-state index in [2.05, 4.69) is 51.9 Å². The number of carbonyl (C=O) groups is 1. The Morgan fingerprint density at radius 3 is 2.07 bits per heavy atom. The average Bonchev–Trinajstić information content (AvgIpc) is 2.64. The van der Waals surface area contributed by atoms with Crippen LogP contribution in [0.3, 0.4) is 0 Å². The first-order valence-electron chi connectivity index (χ1n) is 8.84. The van der Waals surface area contributed by atoms with Gasteiger partial charge in [0, 0.05) is 30.2 Å². The molecule has 0 unspecified atom stereocenters. The molecule has 1 amide bonds. The van der Waals surface area contributed by atoms with Crippen LogP contribution >= 0.6 is 0 Å². The Bertz CT molecular complexity index is 905. The second-order valence-electron chi connectivity index (χ2n) is 6.55. The van der Waals surface area contributed by atoms with Crippen LogP contribution in [0.4, 0.5) is 28.8 Å². The second kappa shape index (κ2) is 8.31. The molecule has 0 saturated heterocycles. The van der Waals surface area contributed by atoms with Gasteiger partial charge in [0.05, 0.1) is 0 Å². The Balaban J connectivity index is 1.67. The molecule has 0 aliphatic rings. The monoisotopic (exact) mass is 361 g/mol. The summed E-state index contributed by atoms with van der Waals surface area (Å²) in [6.45, 7) is 5.82. The van der Waals surface area contributed by atoms with E-state index in [1.807, 2.05) is 36.4 Å². The van der Waals surface area contributed by atoms with E-state index in [9.17, 15) is 4.79 Å². The number of amides is 1. The summed E-state index contributed by atoms with van der Waals surface area (Å²) in [5.74, 6) is 1.61. The maximum atomic E-state index is 11.1. The molecule has 0 spiro atoms. The lowest BCUT2D eigenvalue weighted by Crippen LogP contribution is -2.05. The van der Waals surface area contributed by atoms with Crippen LogP contribution < -0.4 is 16.0 Å². The summed E-state index contributed by atoms with van der Waals surface area (Å²) < 4.78 is 0. The summed E-state index contributed by atoms with van der Waals surface area (Å²) in [5.41, 5.74) is 3.86. The van der Waals surface area contributed by atoms with Gasteiger partial charge >= 0.3 is 0 Å². The van der Waals surface area contributed by atoms with Gasteiger partial charge in [0.1, 0.15) is 5.82 Å². The lowest BCUT2D eigenvalue weighted by atomic mass is 10.0. The molecule has 3 aromatic rings. The van der Waals surface area contributed by atoms with E-state index in [0.29, 0.717) is 17.7 Å². The number of nitrogens with zero attached hydrogens (tertiary/aromatic N) is 2. The number of rotatable bonds is 6. The van der Waals surface area contributed by atoms with Crippen LogP contribution in [-0.2, 0) is 4.79 Å². The number of aromatic nitrogens is 2. The molecule has 1 aromatic heterocycles. The maximum absolute atomic E-state index is 11.1. The molecule has 1 heterocycles. The minimum Gasteiger partial charge on any atom is -0.340 e. The Labute approximate surface area is 159 Å². The van der Waals surface area contributed by atoms with Crippen LogP contribution in [0.2, 0.25) is 0 Å². The highest BCUT2D eigenvalue weighted by Crippen LogP contribution is 2.21. The Kier molecular flexibility index (Phi) is 5.66. The van der Waals surface area contributed by atoms with Crippen LogP contribution in [0, 0.1) is 0 Å². The van der Waals surface area contributed by atoms with Crippen molar-refractivity contribution in [2.24, 2.45) is 0 Å². The maximum Gasteiger partial charge on any atom is 0.229 e. The lowest BCUT2D eigenvalue weighted by Gasteiger charge is -2.10. The van der Waals surface area contributed by atoms with Crippen molar-refractivity contribution < 1.29 is 4.79 Å². The molecule has 0 bridgehead atoms. The molecule has 3 rings (SSSR count). The molecule has 0 atom stereocenters. The van der Waals surface area contributed by atoms with Gasteiger partial charge < -0.3 is 16.0 Å². The number of nitrogens with one attached hydrogen (secondary N) is 3. The molecule has 138 valence electrons. The number of hydrogen-bond acceptors (Lipinski definition) is 5. The highest BCUT2D eigenvalue weighted by Gasteiger charge is 2.03. The van der Waals surface area contributed by atoms with Gasteiger partial charge in [-0.2, -0.15) is 4.98 Å². The molecule has 0 fully saturated rings. The Hall–Kier alpha value is -3.41. The lowest BCUT2D eigenvalue weighted by molar-refractivity contribution is -0.114. The molecular weight excluding hydrogens is 338 g/mol. The molecule has 3 N–H and O–H groups in total. The fourth-order valence-corrected chi connectivity index (χ4v) is 2.56. The Morgan fingerprint density at radius 2 is 1.44 bits per heavy atom. The highest BCUT2D eigenvalue weighted by molar-refractivity contribution is 5.88. The third kappa shape index (κ3) is 5.28. The summed E-state index contributed by atoms with van der Waals surface area (Å²) in [5, 5.41) is 9.19. The van der Waals surface area contributed by atoms with Gasteiger partial charge in [0.15, 0.2) is 0 Å². The summed E-state index contributed by atoms with van der Waals surface area (Å²) in [4.78, 5) is 19.8. The summed E-state index contributed by atoms with van der Waals surface area (Å²) in [6, 6.07) is 17.5. The summed E-state index contributed by atoms with van der Waals surface area (Å²) in [7, 11) is 0. The zero-order valence-corrected chi connectivity index (χ0v) is 15.7. The van der Waals surface area contributed by atoms with Crippen LogP contribution in [0.15, 0.2) is 60.8 Å². The van der Waals surface area contributed by atoms with E-state index < -0.39 is 0 Å². The minimum atomic E-state index is -0.0938. The van der Waals surface area contributed by atoms with E-state index in [0.717, 1.165) is 17.1 Å². The van der Waals surface area contributed by atoms with Crippen molar-refractivity contribution in [2.75, 3.05) is 16.0 Å². The van der Waals surface area contributed by atoms with E-state index in [4.69, 9.17) is 0 Å². The first kappa shape index (κ1) is 18.4. The molecule has 0 aliphatic carbocycles. The van der Waals surface area contributed by atoms with Gasteiger partial charge in [0.2, 0.25) is 11.9 Å². The third-order valence-electron chi connectivity index (χ3n) is 3.97. The van der Waals surface area contributed by atoms with E-state index in [1.54, 1.807) is 12.3 Å². The van der Waals surface area contributed by atoms with E-state index in [1.165, 1.54) is 12.5 Å². The fraction of sp³-hybridized carbons (Fsp3) is 0.190. The van der Waals surface area contributed by atoms with Crippen molar-refractivity contribution in [3.8, 4) is 0 Å². The van der Waals surface area contributed by atoms with Crippen molar-refractivity contribution in [2.45, 2.75) is 26.7 Å². The molecular formula is C21H23N5O. The first-order valence-corrected chi connectivity index (χ1v) is 8.84. The van der Waals surface area contributed by atoms with Crippen molar-refractivity contribution in [3.63, 3.8) is 0 Å². The average molecular weight is 361 g/mol. The summed E-state index contributed by atoms with van der Waals surface area (Å²) in [6.07, 6.45) is 1.70. The van der Waals surface area contributed by atoms with Crippen molar-refractivity contribution in [1.82, 2.24) is 9.97 Å². The van der Waals surface area contributed by atoms with Crippen LogP contribution in [0.5, 0.6) is 0 Å². The van der Waals surface area contributed by atoms with Crippen molar-refractivity contribution in [3.05, 3.63) is 66.4 Å². The number of benzene rings is 2. The second-order valence-corrected chi connectivity index (χ2v) is 6.55. The zero-order valence-electron chi connectivity index (χ0n) is 15.7. The quantitative estimate of drug-likeness (QED) is 0.573. The smallest absolute Gasteiger partial charge is 0.229 e. The molecule has 6 nitrogen and oxygen atoms in total. The van der Waals surface area contributed by atoms with E-state index in [-0.39, 0.29) is 5.91 Å². The highest BCUT2D eigenvalue weighted by atomic mass is 16.1. The predicted molar refractivity (Wildman–Crippen MR) is 110 cm³/mol. The van der Waals surface area contributed by atoms with Gasteiger partial charge in [-0.3, -0.25) is 4.79 Å². The van der Waals surface area contributed by atoms with Gasteiger partial charge in [0.25, 0.3) is 0 Å². The number of hydrogen-bond donors (Lipinski definition) is 3. The zero-order chi connectivity index (χ0) is 19.2. The van der Waals surface area contributed by atoms with Gasteiger partial charge in [-0.15, -0.1) is 0 Å². The topological polar surface area (TPSA) is 78.9 Å². The molecule has 27 heavy (non-hydrogen) atoms. The standard InChI is InChI=1S/C21H23N5O/c1-14(2)16-4-6-19(7-5-16)25-21-22-13-12-20(26-21)24-18-10-8-17(9-11-18)23-15(3)27/h4-14H,1-3H3,(H,23,27)(H2,22,24,25,26). The summed E-state index contributed by atoms with van der Waals surface area (Å²) >= 11 is 0. The molecule has 0 aliphatic heterocycles. The van der Waals surface area contributed by atoms with Crippen molar-refractivity contribution in [1.29, 1.82) is 0 Å². The van der Waals surface area contributed by atoms with Gasteiger partial charge in [-0.05, 0) is 53.9 Å². The van der Waals surface area contributed by atoms with Gasteiger partial charge in [-0.1, -0.05) is 26.0 Å². The molecule has 2 aromatic carbocycles.